The number of amides is 1. The minimum Gasteiger partial charge on any atom is -0.410 e. The number of nitrogens with zero attached hydrogens (tertiary/aromatic N) is 5. The smallest absolute Gasteiger partial charge is 0.410 e. The first-order chi connectivity index (χ1) is 14.6. The van der Waals surface area contributed by atoms with E-state index in [0.717, 1.165) is 12.8 Å². The van der Waals surface area contributed by atoms with Crippen molar-refractivity contribution >= 4 is 27.8 Å². The molecule has 10 nitrogen and oxygen atoms in total. The van der Waals surface area contributed by atoms with Crippen LogP contribution in [0.5, 0.6) is 5.75 Å². The number of para-hydroxylation sites is 1. The van der Waals surface area contributed by atoms with Crippen LogP contribution in [0.15, 0.2) is 39.6 Å². The number of carbonyl (C=O) groups is 1. The Hall–Kier alpha value is -3.60. The van der Waals surface area contributed by atoms with Crippen molar-refractivity contribution in [2.24, 2.45) is 0 Å². The molecule has 0 aliphatic carbocycles. The molecule has 1 atom stereocenters. The van der Waals surface area contributed by atoms with Crippen LogP contribution in [0.4, 0.5) is 4.79 Å². The molecule has 1 aliphatic rings. The summed E-state index contributed by atoms with van der Waals surface area (Å²) in [7, 11) is 0. The van der Waals surface area contributed by atoms with Crippen LogP contribution >= 0.6 is 11.3 Å². The van der Waals surface area contributed by atoms with Gasteiger partial charge in [0.1, 0.15) is 10.8 Å². The summed E-state index contributed by atoms with van der Waals surface area (Å²) in [4.78, 5) is 42.9. The molecule has 0 spiro atoms. The highest BCUT2D eigenvalue weighted by atomic mass is 32.1. The van der Waals surface area contributed by atoms with E-state index >= 15 is 0 Å². The maximum Gasteiger partial charge on any atom is 0.415 e. The van der Waals surface area contributed by atoms with E-state index in [4.69, 9.17) is 9.26 Å². The molecule has 30 heavy (non-hydrogen) atoms. The van der Waals surface area contributed by atoms with Crippen molar-refractivity contribution in [1.29, 1.82) is 0 Å². The maximum atomic E-state index is 12.7. The van der Waals surface area contributed by atoms with Crippen LogP contribution in [-0.4, -0.2) is 42.6 Å². The largest absolute Gasteiger partial charge is 0.415 e. The lowest BCUT2D eigenvalue weighted by Crippen LogP contribution is -2.33. The third-order valence-electron chi connectivity index (χ3n) is 4.74. The number of rotatable bonds is 3. The Labute approximate surface area is 173 Å². The van der Waals surface area contributed by atoms with Gasteiger partial charge in [0.15, 0.2) is 16.2 Å². The molecule has 1 N–H and O–H groups in total. The van der Waals surface area contributed by atoms with Crippen LogP contribution in [0.1, 0.15) is 29.7 Å². The van der Waals surface area contributed by atoms with Gasteiger partial charge in [0.2, 0.25) is 5.82 Å². The Morgan fingerprint density at radius 1 is 1.27 bits per heavy atom. The number of thiazole rings is 1. The zero-order valence-electron chi connectivity index (χ0n) is 15.9. The summed E-state index contributed by atoms with van der Waals surface area (Å²) in [6, 6.07) is 8.64. The standard InChI is InChI=1S/C19H16N6O4S/c1-10-20-16(29-24-10)14-22-15(26)13-18(23-14)30-17(21-13)12-8-5-9-25(12)19(27)28-11-6-3-2-4-7-11/h2-4,6-7,12H,5,8-9H2,1H3,(H,22,23,26). The second-order valence-electron chi connectivity index (χ2n) is 6.80. The van der Waals surface area contributed by atoms with E-state index in [9.17, 15) is 9.59 Å². The van der Waals surface area contributed by atoms with Gasteiger partial charge in [0.05, 0.1) is 6.04 Å². The topological polar surface area (TPSA) is 127 Å². The van der Waals surface area contributed by atoms with Gasteiger partial charge in [-0.25, -0.2) is 14.8 Å². The molecule has 1 saturated heterocycles. The first kappa shape index (κ1) is 18.4. The second-order valence-corrected chi connectivity index (χ2v) is 7.81. The Morgan fingerprint density at radius 3 is 2.87 bits per heavy atom. The van der Waals surface area contributed by atoms with Crippen molar-refractivity contribution in [2.45, 2.75) is 25.8 Å². The van der Waals surface area contributed by atoms with E-state index in [-0.39, 0.29) is 23.3 Å². The summed E-state index contributed by atoms with van der Waals surface area (Å²) in [5.74, 6) is 1.25. The number of hydrogen-bond donors (Lipinski definition) is 1. The molecule has 5 rings (SSSR count). The molecule has 1 aliphatic heterocycles. The number of H-pyrrole nitrogens is 1. The Balaban J connectivity index is 1.45. The average Bonchev–Trinajstić information content (AvgIpc) is 3.47. The van der Waals surface area contributed by atoms with Crippen LogP contribution in [0.2, 0.25) is 0 Å². The molecule has 1 amide bonds. The van der Waals surface area contributed by atoms with Crippen molar-refractivity contribution in [3.05, 3.63) is 51.5 Å². The first-order valence-electron chi connectivity index (χ1n) is 9.33. The zero-order chi connectivity index (χ0) is 20.7. The number of nitrogens with one attached hydrogen (secondary N) is 1. The molecular formula is C19H16N6O4S. The predicted octanol–water partition coefficient (Wildman–Crippen LogP) is 3.07. The monoisotopic (exact) mass is 424 g/mol. The summed E-state index contributed by atoms with van der Waals surface area (Å²) < 4.78 is 10.6. The molecule has 11 heteroatoms. The summed E-state index contributed by atoms with van der Waals surface area (Å²) in [5, 5.41) is 4.36. The molecule has 4 heterocycles. The van der Waals surface area contributed by atoms with E-state index in [2.05, 4.69) is 25.1 Å². The van der Waals surface area contributed by atoms with Gasteiger partial charge in [-0.2, -0.15) is 4.98 Å². The average molecular weight is 424 g/mol. The van der Waals surface area contributed by atoms with Crippen molar-refractivity contribution in [3.63, 3.8) is 0 Å². The normalized spacial score (nSPS) is 16.3. The molecule has 1 fully saturated rings. The Morgan fingerprint density at radius 2 is 2.10 bits per heavy atom. The predicted molar refractivity (Wildman–Crippen MR) is 107 cm³/mol. The van der Waals surface area contributed by atoms with Gasteiger partial charge >= 0.3 is 6.09 Å². The Bertz CT molecular complexity index is 1280. The van der Waals surface area contributed by atoms with Gasteiger partial charge in [-0.1, -0.05) is 34.7 Å². The summed E-state index contributed by atoms with van der Waals surface area (Å²) in [6.45, 7) is 2.24. The molecule has 0 bridgehead atoms. The lowest BCUT2D eigenvalue weighted by atomic mass is 10.2. The van der Waals surface area contributed by atoms with Gasteiger partial charge in [-0.15, -0.1) is 0 Å². The molecular weight excluding hydrogens is 408 g/mol. The van der Waals surface area contributed by atoms with Gasteiger partial charge in [0, 0.05) is 6.54 Å². The first-order valence-corrected chi connectivity index (χ1v) is 10.1. The minimum absolute atomic E-state index is 0.135. The number of benzene rings is 1. The van der Waals surface area contributed by atoms with Gasteiger partial charge in [-0.3, -0.25) is 9.69 Å². The number of likely N-dealkylation sites (tertiary alicyclic amines) is 1. The zero-order valence-corrected chi connectivity index (χ0v) is 16.7. The van der Waals surface area contributed by atoms with E-state index in [1.165, 1.54) is 11.3 Å². The molecule has 1 unspecified atom stereocenters. The molecule has 0 saturated carbocycles. The maximum absolute atomic E-state index is 12.7. The van der Waals surface area contributed by atoms with Crippen LogP contribution in [0, 0.1) is 6.92 Å². The minimum atomic E-state index is -0.438. The number of aromatic nitrogens is 5. The van der Waals surface area contributed by atoms with Crippen molar-refractivity contribution in [2.75, 3.05) is 6.54 Å². The van der Waals surface area contributed by atoms with E-state index in [1.54, 1.807) is 36.1 Å². The van der Waals surface area contributed by atoms with Gasteiger partial charge in [0.25, 0.3) is 11.4 Å². The lowest BCUT2D eigenvalue weighted by molar-refractivity contribution is 0.147. The summed E-state index contributed by atoms with van der Waals surface area (Å²) in [5.41, 5.74) is -0.178. The highest BCUT2D eigenvalue weighted by Crippen LogP contribution is 2.36. The molecule has 0 radical (unpaired) electrons. The fraction of sp³-hybridized carbons (Fsp3) is 0.263. The van der Waals surface area contributed by atoms with Crippen molar-refractivity contribution in [1.82, 2.24) is 30.0 Å². The lowest BCUT2D eigenvalue weighted by Gasteiger charge is -2.22. The van der Waals surface area contributed by atoms with Crippen molar-refractivity contribution in [3.8, 4) is 17.5 Å². The molecule has 1 aromatic carbocycles. The summed E-state index contributed by atoms with van der Waals surface area (Å²) >= 11 is 1.27. The number of aryl methyl sites for hydroxylation is 1. The third-order valence-corrected chi connectivity index (χ3v) is 5.79. The van der Waals surface area contributed by atoms with Crippen molar-refractivity contribution < 1.29 is 14.1 Å². The van der Waals surface area contributed by atoms with Crippen LogP contribution in [-0.2, 0) is 0 Å². The molecule has 152 valence electrons. The molecule has 3 aromatic heterocycles. The Kier molecular flexibility index (Phi) is 4.51. The number of carbonyl (C=O) groups excluding carboxylic acids is 1. The number of fused-ring (bicyclic) bond motifs is 1. The van der Waals surface area contributed by atoms with Crippen LogP contribution < -0.4 is 10.3 Å². The highest BCUT2D eigenvalue weighted by molar-refractivity contribution is 7.18. The SMILES string of the molecule is Cc1noc(-c2nc3sc(C4CCCN4C(=O)Oc4ccccc4)nc3c(=O)[nH]2)n1. The quantitative estimate of drug-likeness (QED) is 0.531. The fourth-order valence-corrected chi connectivity index (χ4v) is 4.46. The number of ether oxygens (including phenoxy) is 1. The van der Waals surface area contributed by atoms with Gasteiger partial charge in [-0.05, 0) is 31.9 Å². The van der Waals surface area contributed by atoms with Crippen LogP contribution in [0.25, 0.3) is 22.1 Å². The van der Waals surface area contributed by atoms with Gasteiger partial charge < -0.3 is 14.2 Å². The fourth-order valence-electron chi connectivity index (χ4n) is 3.38. The van der Waals surface area contributed by atoms with E-state index < -0.39 is 11.7 Å². The molecule has 4 aromatic rings. The number of hydrogen-bond acceptors (Lipinski definition) is 9. The second kappa shape index (κ2) is 7.34. The number of aromatic amines is 1. The van der Waals surface area contributed by atoms with E-state index in [1.807, 2.05) is 6.07 Å². The highest BCUT2D eigenvalue weighted by Gasteiger charge is 2.34. The summed E-state index contributed by atoms with van der Waals surface area (Å²) in [6.07, 6.45) is 1.12. The van der Waals surface area contributed by atoms with E-state index in [0.29, 0.717) is 28.0 Å². The van der Waals surface area contributed by atoms with Crippen LogP contribution in [0.3, 0.4) is 0 Å². The third kappa shape index (κ3) is 3.32.